The van der Waals surface area contributed by atoms with Gasteiger partial charge in [-0.25, -0.2) is 4.79 Å². The molecule has 1 aromatic heterocycles. The lowest BCUT2D eigenvalue weighted by Crippen LogP contribution is -2.18. The molecule has 116 valence electrons. The van der Waals surface area contributed by atoms with Crippen molar-refractivity contribution in [1.82, 2.24) is 0 Å². The number of nitrogens with two attached hydrogens (primary N) is 2. The highest BCUT2D eigenvalue weighted by atomic mass is 32.2. The molecular formula is C16H13N3O3S. The smallest absolute Gasteiger partial charge is 0.347 e. The molecule has 1 heterocycles. The lowest BCUT2D eigenvalue weighted by atomic mass is 10.0. The summed E-state index contributed by atoms with van der Waals surface area (Å²) in [5, 5.41) is 5.98. The quantitative estimate of drug-likeness (QED) is 0.145. The van der Waals surface area contributed by atoms with Gasteiger partial charge < -0.3 is 16.0 Å². The van der Waals surface area contributed by atoms with Gasteiger partial charge in [0.25, 0.3) is 0 Å². The lowest BCUT2D eigenvalue weighted by molar-refractivity contribution is 0.101. The summed E-state index contributed by atoms with van der Waals surface area (Å²) >= 11 is 0.970. The van der Waals surface area contributed by atoms with Gasteiger partial charge in [-0.3, -0.25) is 4.79 Å². The highest BCUT2D eigenvalue weighted by molar-refractivity contribution is 8.14. The van der Waals surface area contributed by atoms with Crippen molar-refractivity contribution in [3.05, 3.63) is 58.4 Å². The Morgan fingerprint density at radius 3 is 2.74 bits per heavy atom. The van der Waals surface area contributed by atoms with Gasteiger partial charge >= 0.3 is 5.63 Å². The minimum absolute atomic E-state index is 0.00817. The first-order chi connectivity index (χ1) is 11.1. The maximum absolute atomic E-state index is 12.2. The Morgan fingerprint density at radius 2 is 1.96 bits per heavy atom. The second-order valence-electron chi connectivity index (χ2n) is 4.83. The molecule has 3 rings (SSSR count). The van der Waals surface area contributed by atoms with Crippen LogP contribution in [0, 0.1) is 0 Å². The van der Waals surface area contributed by atoms with Crippen molar-refractivity contribution < 1.29 is 9.21 Å². The number of rotatable bonds is 3. The van der Waals surface area contributed by atoms with E-state index < -0.39 is 5.63 Å². The van der Waals surface area contributed by atoms with Gasteiger partial charge in [-0.1, -0.05) is 42.1 Å². The van der Waals surface area contributed by atoms with Gasteiger partial charge in [0.1, 0.15) is 11.1 Å². The van der Waals surface area contributed by atoms with Crippen molar-refractivity contribution in [1.29, 1.82) is 0 Å². The molecule has 0 atom stereocenters. The monoisotopic (exact) mass is 327 g/mol. The Kier molecular flexibility index (Phi) is 4.03. The molecule has 4 N–H and O–H groups in total. The van der Waals surface area contributed by atoms with Crippen molar-refractivity contribution in [3.8, 4) is 0 Å². The van der Waals surface area contributed by atoms with Crippen molar-refractivity contribution in [2.75, 3.05) is 5.75 Å². The molecule has 0 aliphatic heterocycles. The first-order valence-electron chi connectivity index (χ1n) is 6.75. The molecule has 0 aliphatic rings. The summed E-state index contributed by atoms with van der Waals surface area (Å²) in [6.07, 6.45) is 0. The highest BCUT2D eigenvalue weighted by Crippen LogP contribution is 2.25. The zero-order valence-electron chi connectivity index (χ0n) is 12.0. The summed E-state index contributed by atoms with van der Waals surface area (Å²) in [5.74, 6) is 4.60. The van der Waals surface area contributed by atoms with Gasteiger partial charge in [0.2, 0.25) is 0 Å². The maximum Gasteiger partial charge on any atom is 0.347 e. The number of carbonyl (C=O) groups is 1. The zero-order chi connectivity index (χ0) is 16.4. The number of hydrogen-bond acceptors (Lipinski definition) is 6. The van der Waals surface area contributed by atoms with Gasteiger partial charge in [-0.2, -0.15) is 5.10 Å². The van der Waals surface area contributed by atoms with Crippen LogP contribution in [0.15, 0.2) is 56.8 Å². The van der Waals surface area contributed by atoms with E-state index in [0.717, 1.165) is 27.9 Å². The van der Waals surface area contributed by atoms with Crippen LogP contribution in [0.25, 0.3) is 21.7 Å². The van der Waals surface area contributed by atoms with Crippen LogP contribution in [-0.4, -0.2) is 16.7 Å². The van der Waals surface area contributed by atoms with Gasteiger partial charge in [-0.15, -0.1) is 0 Å². The van der Waals surface area contributed by atoms with E-state index in [0.29, 0.717) is 5.58 Å². The number of fused-ring (bicyclic) bond motifs is 3. The molecule has 23 heavy (non-hydrogen) atoms. The van der Waals surface area contributed by atoms with Crippen LogP contribution in [0.5, 0.6) is 0 Å². The fraction of sp³-hybridized carbons (Fsp3) is 0.0625. The fourth-order valence-corrected chi connectivity index (χ4v) is 2.83. The number of hydrazone groups is 1. The maximum atomic E-state index is 12.2. The van der Waals surface area contributed by atoms with Crippen molar-refractivity contribution >= 4 is 44.5 Å². The lowest BCUT2D eigenvalue weighted by Gasteiger charge is -2.05. The SMILES string of the molecule is N/N=C(\N)SCC(=O)c1cc2c(ccc3ccccc32)oc1=O. The van der Waals surface area contributed by atoms with Gasteiger partial charge in [0, 0.05) is 5.39 Å². The van der Waals surface area contributed by atoms with E-state index in [4.69, 9.17) is 16.0 Å². The van der Waals surface area contributed by atoms with Crippen LogP contribution in [0.4, 0.5) is 0 Å². The normalized spacial score (nSPS) is 11.9. The molecule has 6 nitrogen and oxygen atoms in total. The van der Waals surface area contributed by atoms with E-state index in [-0.39, 0.29) is 22.3 Å². The number of amidine groups is 1. The molecule has 2 aromatic carbocycles. The van der Waals surface area contributed by atoms with Crippen LogP contribution in [-0.2, 0) is 0 Å². The predicted octanol–water partition coefficient (Wildman–Crippen LogP) is 2.05. The van der Waals surface area contributed by atoms with Crippen molar-refractivity contribution in [3.63, 3.8) is 0 Å². The average molecular weight is 327 g/mol. The topological polar surface area (TPSA) is 112 Å². The highest BCUT2D eigenvalue weighted by Gasteiger charge is 2.15. The molecule has 0 fully saturated rings. The number of nitrogens with zero attached hydrogens (tertiary/aromatic N) is 1. The molecular weight excluding hydrogens is 314 g/mol. The van der Waals surface area contributed by atoms with E-state index in [1.165, 1.54) is 0 Å². The largest absolute Gasteiger partial charge is 0.422 e. The number of Topliss-reactive ketones (excluding diaryl/α,β-unsaturated/α-hetero) is 1. The summed E-state index contributed by atoms with van der Waals surface area (Å²) in [4.78, 5) is 24.3. The minimum atomic E-state index is -0.665. The molecule has 0 spiro atoms. The number of ketones is 1. The summed E-state index contributed by atoms with van der Waals surface area (Å²) in [7, 11) is 0. The molecule has 0 bridgehead atoms. The van der Waals surface area contributed by atoms with Crippen LogP contribution in [0.2, 0.25) is 0 Å². The second-order valence-corrected chi connectivity index (χ2v) is 5.82. The van der Waals surface area contributed by atoms with Crippen LogP contribution < -0.4 is 17.2 Å². The Bertz CT molecular complexity index is 995. The van der Waals surface area contributed by atoms with E-state index >= 15 is 0 Å². The summed E-state index contributed by atoms with van der Waals surface area (Å²) in [6, 6.07) is 12.8. The number of hydrogen-bond donors (Lipinski definition) is 2. The summed E-state index contributed by atoms with van der Waals surface area (Å²) in [5.41, 5.74) is 5.21. The van der Waals surface area contributed by atoms with E-state index in [9.17, 15) is 9.59 Å². The summed E-state index contributed by atoms with van der Waals surface area (Å²) < 4.78 is 5.28. The Hall–Kier alpha value is -2.80. The Morgan fingerprint density at radius 1 is 1.17 bits per heavy atom. The molecule has 0 radical (unpaired) electrons. The Labute approximate surface area is 135 Å². The predicted molar refractivity (Wildman–Crippen MR) is 92.6 cm³/mol. The number of carbonyl (C=O) groups excluding carboxylic acids is 1. The first kappa shape index (κ1) is 15.1. The number of thioether (sulfide) groups is 1. The summed E-state index contributed by atoms with van der Waals surface area (Å²) in [6.45, 7) is 0. The fourth-order valence-electron chi connectivity index (χ4n) is 2.32. The molecule has 0 saturated carbocycles. The van der Waals surface area contributed by atoms with Gasteiger partial charge in [-0.05, 0) is 22.9 Å². The van der Waals surface area contributed by atoms with Crippen molar-refractivity contribution in [2.24, 2.45) is 16.7 Å². The third kappa shape index (κ3) is 2.91. The van der Waals surface area contributed by atoms with Crippen LogP contribution >= 0.6 is 11.8 Å². The van der Waals surface area contributed by atoms with Gasteiger partial charge in [0.15, 0.2) is 11.0 Å². The third-order valence-electron chi connectivity index (χ3n) is 3.42. The molecule has 3 aromatic rings. The molecule has 7 heteroatoms. The molecule has 0 saturated heterocycles. The van der Waals surface area contributed by atoms with Crippen molar-refractivity contribution in [2.45, 2.75) is 0 Å². The molecule has 0 amide bonds. The average Bonchev–Trinajstić information content (AvgIpc) is 2.58. The van der Waals surface area contributed by atoms with Crippen LogP contribution in [0.3, 0.4) is 0 Å². The van der Waals surface area contributed by atoms with E-state index in [1.54, 1.807) is 12.1 Å². The van der Waals surface area contributed by atoms with Crippen LogP contribution in [0.1, 0.15) is 10.4 Å². The zero-order valence-corrected chi connectivity index (χ0v) is 12.8. The molecule has 0 aliphatic carbocycles. The first-order valence-corrected chi connectivity index (χ1v) is 7.73. The third-order valence-corrected chi connectivity index (χ3v) is 4.23. The van der Waals surface area contributed by atoms with E-state index in [1.807, 2.05) is 30.3 Å². The Balaban J connectivity index is 2.10. The number of benzene rings is 2. The minimum Gasteiger partial charge on any atom is -0.422 e. The van der Waals surface area contributed by atoms with Gasteiger partial charge in [0.05, 0.1) is 5.75 Å². The molecule has 0 unspecified atom stereocenters. The second kappa shape index (κ2) is 6.13. The standard InChI is InChI=1S/C16H13N3O3S/c17-16(19-18)23-8-13(20)12-7-11-10-4-2-1-3-9(10)5-6-14(11)22-15(12)21/h1-7H,8,18H2,(H2,17,19). The van der Waals surface area contributed by atoms with E-state index in [2.05, 4.69) is 5.10 Å².